The Labute approximate surface area is 184 Å². The summed E-state index contributed by atoms with van der Waals surface area (Å²) >= 11 is 1.91. The maximum Gasteiger partial charge on any atom is 0.213 e. The van der Waals surface area contributed by atoms with Crippen LogP contribution in [0.15, 0.2) is 64.5 Å². The van der Waals surface area contributed by atoms with Crippen LogP contribution in [-0.4, -0.2) is 26.2 Å². The second kappa shape index (κ2) is 8.44. The molecule has 2 aromatic carbocycles. The lowest BCUT2D eigenvalue weighted by molar-refractivity contribution is -0.887. The van der Waals surface area contributed by atoms with Crippen molar-refractivity contribution in [3.05, 3.63) is 70.9 Å². The van der Waals surface area contributed by atoms with Crippen molar-refractivity contribution in [2.75, 3.05) is 31.1 Å². The molecule has 1 fully saturated rings. The second-order valence-electron chi connectivity index (χ2n) is 8.58. The molecular weight excluding hydrogens is 386 g/mol. The van der Waals surface area contributed by atoms with Gasteiger partial charge in [0.25, 0.3) is 0 Å². The average molecular weight is 418 g/mol. The number of fused-ring (bicyclic) bond motifs is 2. The lowest BCUT2D eigenvalue weighted by Crippen LogP contribution is -3.10. The van der Waals surface area contributed by atoms with E-state index in [2.05, 4.69) is 84.1 Å². The van der Waals surface area contributed by atoms with Crippen molar-refractivity contribution in [2.24, 2.45) is 7.05 Å². The molecule has 1 aromatic heterocycles. The third-order valence-electron chi connectivity index (χ3n) is 6.61. The first kappa shape index (κ1) is 19.7. The number of likely N-dealkylation sites (tertiary alicyclic amines) is 1. The zero-order chi connectivity index (χ0) is 20.5. The molecule has 2 aliphatic heterocycles. The molecule has 0 amide bonds. The van der Waals surface area contributed by atoms with Gasteiger partial charge in [-0.05, 0) is 29.8 Å². The van der Waals surface area contributed by atoms with Crippen LogP contribution in [-0.2, 0) is 7.05 Å². The number of aryl methyl sites for hydroxylation is 2. The van der Waals surface area contributed by atoms with Crippen molar-refractivity contribution >= 4 is 34.4 Å². The summed E-state index contributed by atoms with van der Waals surface area (Å²) in [5.41, 5.74) is 5.25. The molecule has 3 aromatic rings. The molecule has 3 heterocycles. The maximum atomic E-state index is 2.55. The fourth-order valence-corrected chi connectivity index (χ4v) is 6.00. The number of para-hydroxylation sites is 2. The Kier molecular flexibility index (Phi) is 5.53. The Morgan fingerprint density at radius 3 is 2.70 bits per heavy atom. The number of anilines is 1. The van der Waals surface area contributed by atoms with Gasteiger partial charge in [-0.2, -0.15) is 4.57 Å². The molecule has 5 rings (SSSR count). The highest BCUT2D eigenvalue weighted by molar-refractivity contribution is 8.03. The van der Waals surface area contributed by atoms with Crippen LogP contribution in [0.4, 0.5) is 5.69 Å². The molecule has 0 radical (unpaired) electrons. The van der Waals surface area contributed by atoms with Gasteiger partial charge in [0, 0.05) is 49.8 Å². The largest absolute Gasteiger partial charge is 0.335 e. The van der Waals surface area contributed by atoms with Gasteiger partial charge in [0.05, 0.1) is 35.7 Å². The van der Waals surface area contributed by atoms with Crippen LogP contribution >= 0.6 is 11.8 Å². The molecule has 0 aliphatic carbocycles. The maximum absolute atomic E-state index is 2.55. The molecule has 0 unspecified atom stereocenters. The predicted molar refractivity (Wildman–Crippen MR) is 127 cm³/mol. The number of nitrogens with zero attached hydrogens (tertiary/aromatic N) is 2. The minimum absolute atomic E-state index is 1.09. The molecule has 0 atom stereocenters. The smallest absolute Gasteiger partial charge is 0.213 e. The first-order valence-electron chi connectivity index (χ1n) is 11.2. The van der Waals surface area contributed by atoms with Gasteiger partial charge >= 0.3 is 0 Å². The Hall–Kier alpha value is -2.30. The summed E-state index contributed by atoms with van der Waals surface area (Å²) in [6.45, 7) is 7.30. The number of rotatable bonds is 5. The van der Waals surface area contributed by atoms with Crippen LogP contribution in [0, 0.1) is 6.92 Å². The van der Waals surface area contributed by atoms with Crippen molar-refractivity contribution in [1.29, 1.82) is 0 Å². The predicted octanol–water partition coefficient (Wildman–Crippen LogP) is 3.95. The summed E-state index contributed by atoms with van der Waals surface area (Å²) in [5.74, 6) is 0. The minimum atomic E-state index is 1.09. The van der Waals surface area contributed by atoms with Crippen molar-refractivity contribution in [2.45, 2.75) is 31.1 Å². The SMILES string of the molecule is Cc1cc(/C=C2\Sc3ccccc3N2CCC[NH+]2CCCC2)c2ccccc2[n+]1C. The molecule has 2 aliphatic rings. The molecular formula is C26H31N3S+2. The number of nitrogens with one attached hydrogen (secondary N) is 1. The molecule has 3 nitrogen and oxygen atoms in total. The number of pyridine rings is 1. The van der Waals surface area contributed by atoms with E-state index in [0.717, 1.165) is 6.54 Å². The molecule has 30 heavy (non-hydrogen) atoms. The van der Waals surface area contributed by atoms with E-state index < -0.39 is 0 Å². The van der Waals surface area contributed by atoms with E-state index >= 15 is 0 Å². The number of aromatic nitrogens is 1. The summed E-state index contributed by atoms with van der Waals surface area (Å²) in [6, 6.07) is 19.9. The fraction of sp³-hybridized carbons (Fsp3) is 0.346. The quantitative estimate of drug-likeness (QED) is 0.631. The number of hydrogen-bond acceptors (Lipinski definition) is 2. The average Bonchev–Trinajstić information content (AvgIpc) is 3.40. The van der Waals surface area contributed by atoms with Gasteiger partial charge in [0.2, 0.25) is 5.52 Å². The number of hydrogen-bond donors (Lipinski definition) is 1. The van der Waals surface area contributed by atoms with E-state index in [1.54, 1.807) is 4.90 Å². The van der Waals surface area contributed by atoms with Crippen LogP contribution in [0.25, 0.3) is 17.0 Å². The van der Waals surface area contributed by atoms with Crippen LogP contribution in [0.5, 0.6) is 0 Å². The molecule has 4 heteroatoms. The van der Waals surface area contributed by atoms with E-state index in [1.165, 1.54) is 76.7 Å². The first-order chi connectivity index (χ1) is 14.7. The molecule has 1 saturated heterocycles. The second-order valence-corrected chi connectivity index (χ2v) is 9.64. The van der Waals surface area contributed by atoms with E-state index in [-0.39, 0.29) is 0 Å². The molecule has 1 N–H and O–H groups in total. The van der Waals surface area contributed by atoms with Crippen LogP contribution < -0.4 is 14.4 Å². The van der Waals surface area contributed by atoms with Crippen LogP contribution in [0.2, 0.25) is 0 Å². The van der Waals surface area contributed by atoms with Gasteiger partial charge < -0.3 is 9.80 Å². The van der Waals surface area contributed by atoms with E-state index in [4.69, 9.17) is 0 Å². The van der Waals surface area contributed by atoms with Gasteiger partial charge in [-0.15, -0.1) is 0 Å². The monoisotopic (exact) mass is 417 g/mol. The van der Waals surface area contributed by atoms with E-state index in [0.29, 0.717) is 0 Å². The minimum Gasteiger partial charge on any atom is -0.335 e. The summed E-state index contributed by atoms with van der Waals surface area (Å²) in [6.07, 6.45) is 6.45. The Bertz CT molecular complexity index is 1100. The normalized spacial score (nSPS) is 17.9. The van der Waals surface area contributed by atoms with Crippen molar-refractivity contribution in [3.63, 3.8) is 0 Å². The lowest BCUT2D eigenvalue weighted by Gasteiger charge is -2.22. The van der Waals surface area contributed by atoms with Gasteiger partial charge in [-0.3, -0.25) is 0 Å². The fourth-order valence-electron chi connectivity index (χ4n) is 4.86. The van der Waals surface area contributed by atoms with Crippen LogP contribution in [0.1, 0.15) is 30.5 Å². The molecule has 0 bridgehead atoms. The van der Waals surface area contributed by atoms with Gasteiger partial charge in [0.1, 0.15) is 7.05 Å². The van der Waals surface area contributed by atoms with Crippen molar-refractivity contribution in [3.8, 4) is 0 Å². The zero-order valence-electron chi connectivity index (χ0n) is 18.0. The Morgan fingerprint density at radius 1 is 1.07 bits per heavy atom. The summed E-state index contributed by atoms with van der Waals surface area (Å²) < 4.78 is 2.28. The highest BCUT2D eigenvalue weighted by Gasteiger charge is 2.26. The first-order valence-corrected chi connectivity index (χ1v) is 12.0. The number of benzene rings is 2. The number of quaternary nitrogens is 1. The Balaban J connectivity index is 1.48. The van der Waals surface area contributed by atoms with Crippen molar-refractivity contribution in [1.82, 2.24) is 0 Å². The summed E-state index contributed by atoms with van der Waals surface area (Å²) in [5, 5.41) is 2.67. The molecule has 154 valence electrons. The zero-order valence-corrected chi connectivity index (χ0v) is 18.8. The topological polar surface area (TPSA) is 11.6 Å². The third-order valence-corrected chi connectivity index (χ3v) is 7.72. The van der Waals surface area contributed by atoms with E-state index in [9.17, 15) is 0 Å². The Morgan fingerprint density at radius 2 is 1.83 bits per heavy atom. The van der Waals surface area contributed by atoms with Crippen LogP contribution in [0.3, 0.4) is 0 Å². The highest BCUT2D eigenvalue weighted by Crippen LogP contribution is 2.46. The third kappa shape index (κ3) is 3.75. The summed E-state index contributed by atoms with van der Waals surface area (Å²) in [7, 11) is 2.15. The number of thioether (sulfide) groups is 1. The molecule has 0 saturated carbocycles. The van der Waals surface area contributed by atoms with Gasteiger partial charge in [0.15, 0.2) is 5.69 Å². The molecule has 0 spiro atoms. The van der Waals surface area contributed by atoms with Gasteiger partial charge in [-0.25, -0.2) is 0 Å². The lowest BCUT2D eigenvalue weighted by atomic mass is 10.1. The standard InChI is InChI=1S/C26H30N3S/c1-20-18-21(22-10-3-4-11-23(22)27(20)2)19-26-29(17-9-16-28-14-7-8-15-28)24-12-5-6-13-25(24)30-26/h3-6,10-13,18-19H,7-9,14-17H2,1-2H3/q+1/p+1. The highest BCUT2D eigenvalue weighted by atomic mass is 32.2. The van der Waals surface area contributed by atoms with Gasteiger partial charge in [-0.1, -0.05) is 36.0 Å². The summed E-state index contributed by atoms with van der Waals surface area (Å²) in [4.78, 5) is 5.71. The van der Waals surface area contributed by atoms with E-state index in [1.807, 2.05) is 11.8 Å². The van der Waals surface area contributed by atoms with Crippen molar-refractivity contribution < 1.29 is 9.47 Å².